The zero-order chi connectivity index (χ0) is 12.3. The number of ether oxygens (including phenoxy) is 1. The van der Waals surface area contributed by atoms with Crippen LogP contribution < -0.4 is 0 Å². The van der Waals surface area contributed by atoms with Gasteiger partial charge in [-0.15, -0.1) is 0 Å². The van der Waals surface area contributed by atoms with Crippen molar-refractivity contribution in [2.45, 2.75) is 77.5 Å². The highest BCUT2D eigenvalue weighted by atomic mass is 16.5. The number of piperidine rings is 1. The first kappa shape index (κ1) is 13.4. The van der Waals surface area contributed by atoms with Crippen LogP contribution in [0.25, 0.3) is 0 Å². The van der Waals surface area contributed by atoms with Crippen LogP contribution in [0.4, 0.5) is 0 Å². The van der Waals surface area contributed by atoms with Crippen molar-refractivity contribution in [1.29, 1.82) is 0 Å². The number of nitrogens with zero attached hydrogens (tertiary/aromatic N) is 1. The minimum atomic E-state index is 0.542. The summed E-state index contributed by atoms with van der Waals surface area (Å²) in [4.78, 5) is 2.57. The molecular weight excluding hydrogens is 210 g/mol. The molecular formula is C15H29NO. The van der Waals surface area contributed by atoms with Gasteiger partial charge in [-0.05, 0) is 45.4 Å². The average Bonchev–Trinajstić information content (AvgIpc) is 2.29. The third-order valence-corrected chi connectivity index (χ3v) is 4.48. The molecule has 17 heavy (non-hydrogen) atoms. The van der Waals surface area contributed by atoms with Gasteiger partial charge in [-0.1, -0.05) is 19.8 Å². The Bertz CT molecular complexity index is 221. The monoisotopic (exact) mass is 239 g/mol. The molecule has 1 unspecified atom stereocenters. The first-order valence-electron chi connectivity index (χ1n) is 7.54. The molecule has 2 heteroatoms. The zero-order valence-electron chi connectivity index (χ0n) is 11.8. The molecule has 1 saturated carbocycles. The summed E-state index contributed by atoms with van der Waals surface area (Å²) in [7, 11) is 0. The van der Waals surface area contributed by atoms with Crippen molar-refractivity contribution in [3.8, 4) is 0 Å². The lowest BCUT2D eigenvalue weighted by molar-refractivity contribution is -0.0652. The maximum Gasteiger partial charge on any atom is 0.0603 e. The van der Waals surface area contributed by atoms with Gasteiger partial charge in [0, 0.05) is 19.1 Å². The topological polar surface area (TPSA) is 12.5 Å². The van der Waals surface area contributed by atoms with E-state index >= 15 is 0 Å². The Labute approximate surface area is 107 Å². The van der Waals surface area contributed by atoms with Gasteiger partial charge in [-0.2, -0.15) is 0 Å². The fraction of sp³-hybridized carbons (Fsp3) is 1.00. The molecule has 2 fully saturated rings. The van der Waals surface area contributed by atoms with E-state index in [4.69, 9.17) is 4.74 Å². The van der Waals surface area contributed by atoms with Gasteiger partial charge in [0.1, 0.15) is 0 Å². The Kier molecular flexibility index (Phi) is 4.87. The van der Waals surface area contributed by atoms with Gasteiger partial charge in [0.2, 0.25) is 0 Å². The molecule has 2 atom stereocenters. The molecule has 0 aromatic rings. The lowest BCUT2D eigenvalue weighted by atomic mass is 9.88. The van der Waals surface area contributed by atoms with Crippen molar-refractivity contribution in [3.05, 3.63) is 0 Å². The number of likely N-dealkylation sites (tertiary alicyclic amines) is 1. The summed E-state index contributed by atoms with van der Waals surface area (Å²) in [6.07, 6.45) is 8.96. The lowest BCUT2D eigenvalue weighted by Gasteiger charge is -2.37. The van der Waals surface area contributed by atoms with Crippen LogP contribution in [0.1, 0.15) is 59.3 Å². The molecule has 0 radical (unpaired) electrons. The smallest absolute Gasteiger partial charge is 0.0603 e. The number of hydrogen-bond donors (Lipinski definition) is 0. The van der Waals surface area contributed by atoms with Crippen molar-refractivity contribution in [2.75, 3.05) is 13.1 Å². The molecule has 100 valence electrons. The number of rotatable bonds is 3. The van der Waals surface area contributed by atoms with Crippen molar-refractivity contribution in [1.82, 2.24) is 4.90 Å². The largest absolute Gasteiger partial charge is 0.375 e. The Morgan fingerprint density at radius 1 is 1.00 bits per heavy atom. The summed E-state index contributed by atoms with van der Waals surface area (Å²) in [5.41, 5.74) is 0. The van der Waals surface area contributed by atoms with Crippen molar-refractivity contribution >= 4 is 0 Å². The molecule has 1 heterocycles. The van der Waals surface area contributed by atoms with Crippen LogP contribution in [0.3, 0.4) is 0 Å². The molecule has 0 aromatic carbocycles. The van der Waals surface area contributed by atoms with E-state index in [2.05, 4.69) is 25.7 Å². The van der Waals surface area contributed by atoms with Crippen LogP contribution in [0.5, 0.6) is 0 Å². The Balaban J connectivity index is 1.70. The van der Waals surface area contributed by atoms with Gasteiger partial charge in [-0.3, -0.25) is 0 Å². The summed E-state index contributed by atoms with van der Waals surface area (Å²) in [6.45, 7) is 9.42. The summed E-state index contributed by atoms with van der Waals surface area (Å²) in [5, 5.41) is 0. The summed E-state index contributed by atoms with van der Waals surface area (Å²) in [5.74, 6) is 0.879. The molecule has 0 N–H and O–H groups in total. The lowest BCUT2D eigenvalue weighted by Crippen LogP contribution is -2.42. The van der Waals surface area contributed by atoms with E-state index in [1.54, 1.807) is 0 Å². The van der Waals surface area contributed by atoms with E-state index in [0.717, 1.165) is 5.92 Å². The van der Waals surface area contributed by atoms with Crippen LogP contribution in [0.2, 0.25) is 0 Å². The highest BCUT2D eigenvalue weighted by Crippen LogP contribution is 2.28. The molecule has 1 aliphatic carbocycles. The second kappa shape index (κ2) is 6.19. The van der Waals surface area contributed by atoms with Gasteiger partial charge in [0.05, 0.1) is 12.2 Å². The van der Waals surface area contributed by atoms with Gasteiger partial charge < -0.3 is 9.64 Å². The minimum Gasteiger partial charge on any atom is -0.375 e. The molecule has 0 amide bonds. The summed E-state index contributed by atoms with van der Waals surface area (Å²) in [6, 6.07) is 0.700. The fourth-order valence-electron chi connectivity index (χ4n) is 3.30. The van der Waals surface area contributed by atoms with Crippen LogP contribution in [-0.4, -0.2) is 36.2 Å². The van der Waals surface area contributed by atoms with Gasteiger partial charge >= 0.3 is 0 Å². The average molecular weight is 239 g/mol. The summed E-state index contributed by atoms with van der Waals surface area (Å²) >= 11 is 0. The van der Waals surface area contributed by atoms with Gasteiger partial charge in [-0.25, -0.2) is 0 Å². The molecule has 0 spiro atoms. The van der Waals surface area contributed by atoms with Crippen LogP contribution in [0.15, 0.2) is 0 Å². The molecule has 1 saturated heterocycles. The van der Waals surface area contributed by atoms with Crippen LogP contribution in [0, 0.1) is 5.92 Å². The minimum absolute atomic E-state index is 0.542. The van der Waals surface area contributed by atoms with E-state index in [1.807, 2.05) is 0 Å². The number of hydrogen-bond acceptors (Lipinski definition) is 2. The predicted molar refractivity (Wildman–Crippen MR) is 72.2 cm³/mol. The first-order valence-corrected chi connectivity index (χ1v) is 7.54. The predicted octanol–water partition coefficient (Wildman–Crippen LogP) is 3.45. The SMILES string of the molecule is CC(C)N1CCC(OC2CCC[C@@H](C)C2)CC1. The first-order chi connectivity index (χ1) is 8.15. The summed E-state index contributed by atoms with van der Waals surface area (Å²) < 4.78 is 6.30. The Morgan fingerprint density at radius 2 is 1.71 bits per heavy atom. The maximum atomic E-state index is 6.30. The van der Waals surface area contributed by atoms with E-state index < -0.39 is 0 Å². The van der Waals surface area contributed by atoms with Crippen LogP contribution >= 0.6 is 0 Å². The third-order valence-electron chi connectivity index (χ3n) is 4.48. The molecule has 0 bridgehead atoms. The van der Waals surface area contributed by atoms with Crippen LogP contribution in [-0.2, 0) is 4.74 Å². The third kappa shape index (κ3) is 3.96. The molecule has 1 aliphatic heterocycles. The van der Waals surface area contributed by atoms with Crippen molar-refractivity contribution < 1.29 is 4.74 Å². The Morgan fingerprint density at radius 3 is 2.29 bits per heavy atom. The van der Waals surface area contributed by atoms with E-state index in [1.165, 1.54) is 51.6 Å². The second-order valence-corrected chi connectivity index (χ2v) is 6.36. The van der Waals surface area contributed by atoms with Crippen molar-refractivity contribution in [3.63, 3.8) is 0 Å². The van der Waals surface area contributed by atoms with E-state index in [0.29, 0.717) is 18.2 Å². The molecule has 2 rings (SSSR count). The van der Waals surface area contributed by atoms with E-state index in [9.17, 15) is 0 Å². The zero-order valence-corrected chi connectivity index (χ0v) is 11.8. The van der Waals surface area contributed by atoms with Gasteiger partial charge in [0.15, 0.2) is 0 Å². The van der Waals surface area contributed by atoms with E-state index in [-0.39, 0.29) is 0 Å². The second-order valence-electron chi connectivity index (χ2n) is 6.36. The highest BCUT2D eigenvalue weighted by Gasteiger charge is 2.26. The van der Waals surface area contributed by atoms with Crippen molar-refractivity contribution in [2.24, 2.45) is 5.92 Å². The fourth-order valence-corrected chi connectivity index (χ4v) is 3.30. The highest BCUT2D eigenvalue weighted by molar-refractivity contribution is 4.78. The molecule has 0 aromatic heterocycles. The standard InChI is InChI=1S/C15H29NO/c1-12(2)16-9-7-14(8-10-16)17-15-6-4-5-13(3)11-15/h12-15H,4-11H2,1-3H3/t13-,15?/m1/s1. The normalized spacial score (nSPS) is 33.2. The quantitative estimate of drug-likeness (QED) is 0.748. The van der Waals surface area contributed by atoms with Gasteiger partial charge in [0.25, 0.3) is 0 Å². The maximum absolute atomic E-state index is 6.30. The molecule has 2 aliphatic rings. The Hall–Kier alpha value is -0.0800. The molecule has 2 nitrogen and oxygen atoms in total.